The van der Waals surface area contributed by atoms with Crippen molar-refractivity contribution in [2.75, 3.05) is 19.5 Å². The number of ether oxygens (including phenoxy) is 2. The fourth-order valence-corrected chi connectivity index (χ4v) is 5.67. The number of hydrogen-bond donors (Lipinski definition) is 1. The minimum absolute atomic E-state index is 0.000199. The maximum absolute atomic E-state index is 13.3. The van der Waals surface area contributed by atoms with Crippen LogP contribution < -0.4 is 5.32 Å². The number of benzene rings is 2. The molecule has 0 heterocycles. The second-order valence-corrected chi connectivity index (χ2v) is 11.5. The molecule has 6 nitrogen and oxygen atoms in total. The Labute approximate surface area is 223 Å². The van der Waals surface area contributed by atoms with E-state index in [0.29, 0.717) is 11.1 Å². The number of methoxy groups -OCH3 is 1. The molecule has 0 aromatic heterocycles. The molecule has 3 rings (SSSR count). The summed E-state index contributed by atoms with van der Waals surface area (Å²) in [6.07, 6.45) is -4.32. The van der Waals surface area contributed by atoms with Crippen LogP contribution in [0.1, 0.15) is 30.4 Å². The average molecular weight is 578 g/mol. The maximum Gasteiger partial charge on any atom is 0.524 e. The Kier molecular flexibility index (Phi) is 9.13. The molecule has 1 N–H and O–H groups in total. The van der Waals surface area contributed by atoms with Gasteiger partial charge in [-0.3, -0.25) is 9.53 Å². The zero-order chi connectivity index (χ0) is 27.4. The Hall–Kier alpha value is -2.37. The molecule has 37 heavy (non-hydrogen) atoms. The lowest BCUT2D eigenvalue weighted by Gasteiger charge is -2.35. The highest BCUT2D eigenvalue weighted by molar-refractivity contribution is 7.91. The molecule has 0 fully saturated rings. The molecule has 0 spiro atoms. The van der Waals surface area contributed by atoms with Crippen molar-refractivity contribution in [1.82, 2.24) is 5.32 Å². The van der Waals surface area contributed by atoms with Crippen LogP contribution >= 0.6 is 23.2 Å². The number of carbonyl (C=O) groups excluding carboxylic acids is 1. The first-order valence-electron chi connectivity index (χ1n) is 11.0. The molecule has 12 heteroatoms. The standard InChI is InChI=1S/C25H24Cl2F3NO5S/c1-3-37(33,34)19-11-9-16(10-12-19)20(15-35-2)23(32)31-18-13-21(26)22(17-7-5-4-6-8-17)24(27,14-18)36-25(28,29)30/h4-13,20H,3,14-15H2,1-2H3,(H,31,32). The summed E-state index contributed by atoms with van der Waals surface area (Å²) >= 11 is 12.8. The van der Waals surface area contributed by atoms with E-state index < -0.39 is 39.5 Å². The lowest BCUT2D eigenvalue weighted by Crippen LogP contribution is -2.40. The Balaban J connectivity index is 1.94. The van der Waals surface area contributed by atoms with E-state index in [-0.39, 0.29) is 33.6 Å². The van der Waals surface area contributed by atoms with Gasteiger partial charge in [0.2, 0.25) is 5.91 Å². The smallest absolute Gasteiger partial charge is 0.384 e. The third kappa shape index (κ3) is 7.14. The Morgan fingerprint density at radius 1 is 1.14 bits per heavy atom. The van der Waals surface area contributed by atoms with Crippen molar-refractivity contribution in [3.05, 3.63) is 82.5 Å². The molecular formula is C25H24Cl2F3NO5S. The van der Waals surface area contributed by atoms with E-state index in [2.05, 4.69) is 10.1 Å². The van der Waals surface area contributed by atoms with E-state index in [1.54, 1.807) is 30.3 Å². The average Bonchev–Trinajstić information content (AvgIpc) is 2.81. The van der Waals surface area contributed by atoms with Crippen molar-refractivity contribution in [2.45, 2.75) is 35.6 Å². The summed E-state index contributed by atoms with van der Waals surface area (Å²) in [6, 6.07) is 13.7. The molecule has 0 radical (unpaired) electrons. The number of hydrogen-bond acceptors (Lipinski definition) is 5. The highest BCUT2D eigenvalue weighted by Crippen LogP contribution is 2.48. The predicted octanol–water partition coefficient (Wildman–Crippen LogP) is 5.74. The molecule has 1 aliphatic rings. The SMILES string of the molecule is CCS(=O)(=O)c1ccc(C(COC)C(=O)NC2=CC(Cl)=C(c3ccccc3)C(Cl)(OC(F)(F)F)C2)cc1. The highest BCUT2D eigenvalue weighted by Gasteiger charge is 2.48. The number of amides is 1. The molecule has 2 unspecified atom stereocenters. The van der Waals surface area contributed by atoms with E-state index in [1.807, 2.05) is 0 Å². The van der Waals surface area contributed by atoms with Gasteiger partial charge in [-0.25, -0.2) is 8.42 Å². The van der Waals surface area contributed by atoms with Crippen molar-refractivity contribution < 1.29 is 35.9 Å². The van der Waals surface area contributed by atoms with Gasteiger partial charge in [-0.2, -0.15) is 0 Å². The van der Waals surface area contributed by atoms with Crippen LogP contribution in [0, 0.1) is 0 Å². The van der Waals surface area contributed by atoms with Gasteiger partial charge in [0.1, 0.15) is 0 Å². The van der Waals surface area contributed by atoms with Gasteiger partial charge < -0.3 is 10.1 Å². The summed E-state index contributed by atoms with van der Waals surface area (Å²) in [5.41, 5.74) is 0.682. The summed E-state index contributed by atoms with van der Waals surface area (Å²) in [4.78, 5) is 13.3. The highest BCUT2D eigenvalue weighted by atomic mass is 35.5. The largest absolute Gasteiger partial charge is 0.524 e. The second kappa shape index (κ2) is 11.6. The van der Waals surface area contributed by atoms with Crippen molar-refractivity contribution >= 4 is 44.5 Å². The fourth-order valence-electron chi connectivity index (χ4n) is 3.91. The topological polar surface area (TPSA) is 81.7 Å². The molecule has 2 atom stereocenters. The van der Waals surface area contributed by atoms with Crippen LogP contribution in [0.4, 0.5) is 13.2 Å². The van der Waals surface area contributed by atoms with Crippen LogP contribution in [0.5, 0.6) is 0 Å². The van der Waals surface area contributed by atoms with E-state index >= 15 is 0 Å². The van der Waals surface area contributed by atoms with Crippen LogP contribution in [-0.2, 0) is 24.1 Å². The molecule has 200 valence electrons. The first kappa shape index (κ1) is 29.2. The summed E-state index contributed by atoms with van der Waals surface area (Å²) in [6.45, 7) is 1.44. The molecule has 2 aromatic carbocycles. The van der Waals surface area contributed by atoms with Gasteiger partial charge in [-0.1, -0.05) is 72.6 Å². The van der Waals surface area contributed by atoms with Crippen LogP contribution in [-0.4, -0.2) is 45.2 Å². The van der Waals surface area contributed by atoms with Crippen LogP contribution in [0.15, 0.2) is 76.3 Å². The number of halogens is 5. The number of nitrogens with one attached hydrogen (secondary N) is 1. The molecule has 0 bridgehead atoms. The normalized spacial score (nSPS) is 19.4. The molecule has 2 aromatic rings. The van der Waals surface area contributed by atoms with Crippen LogP contribution in [0.2, 0.25) is 0 Å². The van der Waals surface area contributed by atoms with Crippen molar-refractivity contribution in [3.63, 3.8) is 0 Å². The van der Waals surface area contributed by atoms with Crippen molar-refractivity contribution in [1.29, 1.82) is 0 Å². The Morgan fingerprint density at radius 3 is 2.30 bits per heavy atom. The first-order chi connectivity index (χ1) is 17.3. The summed E-state index contributed by atoms with van der Waals surface area (Å²) < 4.78 is 73.7. The monoisotopic (exact) mass is 577 g/mol. The molecule has 0 aliphatic heterocycles. The zero-order valence-electron chi connectivity index (χ0n) is 19.8. The van der Waals surface area contributed by atoms with Crippen molar-refractivity contribution in [2.24, 2.45) is 0 Å². The molecule has 0 saturated heterocycles. The minimum Gasteiger partial charge on any atom is -0.384 e. The zero-order valence-corrected chi connectivity index (χ0v) is 22.1. The van der Waals surface area contributed by atoms with E-state index in [9.17, 15) is 26.4 Å². The molecule has 1 amide bonds. The molecular weight excluding hydrogens is 554 g/mol. The summed E-state index contributed by atoms with van der Waals surface area (Å²) in [7, 11) is -2.06. The number of rotatable bonds is 9. The number of sulfone groups is 1. The van der Waals surface area contributed by atoms with Gasteiger partial charge in [0, 0.05) is 24.8 Å². The van der Waals surface area contributed by atoms with E-state index in [4.69, 9.17) is 27.9 Å². The van der Waals surface area contributed by atoms with E-state index in [0.717, 1.165) is 0 Å². The first-order valence-corrected chi connectivity index (χ1v) is 13.4. The van der Waals surface area contributed by atoms with Crippen LogP contribution in [0.3, 0.4) is 0 Å². The van der Waals surface area contributed by atoms with Gasteiger partial charge in [-0.05, 0) is 29.3 Å². The fraction of sp³-hybridized carbons (Fsp3) is 0.320. The third-order valence-corrected chi connectivity index (χ3v) is 8.07. The van der Waals surface area contributed by atoms with Crippen LogP contribution in [0.25, 0.3) is 5.57 Å². The molecule has 1 aliphatic carbocycles. The Morgan fingerprint density at radius 2 is 1.76 bits per heavy atom. The van der Waals surface area contributed by atoms with Gasteiger partial charge in [-0.15, -0.1) is 13.2 Å². The maximum atomic E-state index is 13.3. The number of carbonyl (C=O) groups is 1. The van der Waals surface area contributed by atoms with Crippen molar-refractivity contribution in [3.8, 4) is 0 Å². The van der Waals surface area contributed by atoms with E-state index in [1.165, 1.54) is 44.4 Å². The van der Waals surface area contributed by atoms with Gasteiger partial charge >= 0.3 is 6.36 Å². The summed E-state index contributed by atoms with van der Waals surface area (Å²) in [5.74, 6) is -1.60. The third-order valence-electron chi connectivity index (χ3n) is 5.63. The quantitative estimate of drug-likeness (QED) is 0.384. The van der Waals surface area contributed by atoms with Gasteiger partial charge in [0.25, 0.3) is 0 Å². The predicted molar refractivity (Wildman–Crippen MR) is 135 cm³/mol. The Bertz CT molecular complexity index is 1300. The number of allylic oxidation sites excluding steroid dienone is 2. The number of alkyl halides is 4. The lowest BCUT2D eigenvalue weighted by molar-refractivity contribution is -0.342. The second-order valence-electron chi connectivity index (χ2n) is 8.18. The van der Waals surface area contributed by atoms with Gasteiger partial charge in [0.05, 0.1) is 28.2 Å². The molecule has 0 saturated carbocycles. The van der Waals surface area contributed by atoms with Gasteiger partial charge in [0.15, 0.2) is 14.9 Å². The minimum atomic E-state index is -5.09. The lowest BCUT2D eigenvalue weighted by atomic mass is 9.91. The summed E-state index contributed by atoms with van der Waals surface area (Å²) in [5, 5.41) is -0.00310.